The van der Waals surface area contributed by atoms with E-state index in [4.69, 9.17) is 0 Å². The van der Waals surface area contributed by atoms with Gasteiger partial charge in [0.1, 0.15) is 0 Å². The maximum Gasteiger partial charge on any atom is 0.0159 e. The number of rotatable bonds is 0. The van der Waals surface area contributed by atoms with E-state index in [2.05, 4.69) is 86.6 Å². The first-order valence-corrected chi connectivity index (χ1v) is 11.2. The molecule has 0 radical (unpaired) electrons. The summed E-state index contributed by atoms with van der Waals surface area (Å²) in [6, 6.07) is 28.1. The van der Waals surface area contributed by atoms with Crippen molar-refractivity contribution in [2.75, 3.05) is 0 Å². The summed E-state index contributed by atoms with van der Waals surface area (Å²) in [6.45, 7) is 4.84. The largest absolute Gasteiger partial charge is 0.0610 e. The summed E-state index contributed by atoms with van der Waals surface area (Å²) >= 11 is 0. The molecular formula is C31H18. The Morgan fingerprint density at radius 1 is 0.387 bits per heavy atom. The lowest BCUT2D eigenvalue weighted by atomic mass is 9.80. The minimum atomic E-state index is -0.00323. The van der Waals surface area contributed by atoms with Crippen LogP contribution in [-0.2, 0) is 5.41 Å². The summed E-state index contributed by atoms with van der Waals surface area (Å²) in [5.74, 6) is 0. The molecule has 0 atom stereocenters. The number of hydrogen-bond donors (Lipinski definition) is 0. The fraction of sp³-hybridized carbons (Fsp3) is 0.0968. The highest BCUT2D eigenvalue weighted by molar-refractivity contribution is 6.47. The van der Waals surface area contributed by atoms with Crippen LogP contribution < -0.4 is 0 Å². The van der Waals surface area contributed by atoms with E-state index in [1.807, 2.05) is 0 Å². The molecule has 0 fully saturated rings. The van der Waals surface area contributed by atoms with Gasteiger partial charge in [-0.05, 0) is 111 Å². The molecule has 9 rings (SSSR count). The Kier molecular flexibility index (Phi) is 2.14. The van der Waals surface area contributed by atoms with Gasteiger partial charge in [0.25, 0.3) is 0 Å². The van der Waals surface area contributed by atoms with Gasteiger partial charge in [-0.2, -0.15) is 0 Å². The summed E-state index contributed by atoms with van der Waals surface area (Å²) in [7, 11) is 0. The monoisotopic (exact) mass is 390 g/mol. The van der Waals surface area contributed by atoms with Crippen molar-refractivity contribution in [1.29, 1.82) is 0 Å². The van der Waals surface area contributed by atoms with Crippen LogP contribution in [-0.4, -0.2) is 0 Å². The Morgan fingerprint density at radius 2 is 0.774 bits per heavy atom. The van der Waals surface area contributed by atoms with Crippen molar-refractivity contribution in [2.24, 2.45) is 0 Å². The maximum atomic E-state index is 2.48. The highest BCUT2D eigenvalue weighted by Gasteiger charge is 2.37. The van der Waals surface area contributed by atoms with Gasteiger partial charge in [-0.3, -0.25) is 0 Å². The van der Waals surface area contributed by atoms with E-state index < -0.39 is 0 Å². The Labute approximate surface area is 178 Å². The van der Waals surface area contributed by atoms with E-state index in [9.17, 15) is 0 Å². The normalized spacial score (nSPS) is 15.7. The second-order valence-corrected chi connectivity index (χ2v) is 10.1. The molecule has 8 aromatic carbocycles. The van der Waals surface area contributed by atoms with Crippen LogP contribution in [0.15, 0.2) is 72.8 Å². The van der Waals surface area contributed by atoms with Crippen LogP contribution in [0.3, 0.4) is 0 Å². The van der Waals surface area contributed by atoms with E-state index in [-0.39, 0.29) is 5.41 Å². The van der Waals surface area contributed by atoms with Gasteiger partial charge >= 0.3 is 0 Å². The molecule has 0 unspecified atom stereocenters. The van der Waals surface area contributed by atoms with Gasteiger partial charge in [-0.15, -0.1) is 0 Å². The molecule has 0 aliphatic heterocycles. The highest BCUT2D eigenvalue weighted by Crippen LogP contribution is 2.57. The first-order valence-electron chi connectivity index (χ1n) is 11.2. The predicted octanol–water partition coefficient (Wildman–Crippen LogP) is 8.71. The van der Waals surface area contributed by atoms with Crippen molar-refractivity contribution in [3.05, 3.63) is 83.9 Å². The highest BCUT2D eigenvalue weighted by atomic mass is 14.4. The molecule has 0 bridgehead atoms. The smallest absolute Gasteiger partial charge is 0.0159 e. The zero-order valence-electron chi connectivity index (χ0n) is 17.4. The zero-order chi connectivity index (χ0) is 20.2. The van der Waals surface area contributed by atoms with Crippen LogP contribution in [0.5, 0.6) is 0 Å². The molecule has 0 heterocycles. The number of benzene rings is 8. The maximum absolute atomic E-state index is 2.48. The fourth-order valence-corrected chi connectivity index (χ4v) is 7.11. The van der Waals surface area contributed by atoms with E-state index in [0.717, 1.165) is 0 Å². The first kappa shape index (κ1) is 15.2. The van der Waals surface area contributed by atoms with Crippen LogP contribution in [0.25, 0.3) is 75.4 Å². The van der Waals surface area contributed by atoms with E-state index >= 15 is 0 Å². The lowest BCUT2D eigenvalue weighted by Crippen LogP contribution is -2.15. The predicted molar refractivity (Wildman–Crippen MR) is 135 cm³/mol. The molecule has 1 aliphatic rings. The third-order valence-corrected chi connectivity index (χ3v) is 8.38. The molecule has 8 aromatic rings. The molecule has 0 nitrogen and oxygen atoms in total. The summed E-state index contributed by atoms with van der Waals surface area (Å²) in [6.07, 6.45) is 0. The van der Waals surface area contributed by atoms with Crippen LogP contribution in [0.4, 0.5) is 0 Å². The molecule has 0 saturated heterocycles. The second-order valence-electron chi connectivity index (χ2n) is 10.1. The Balaban J connectivity index is 1.83. The lowest BCUT2D eigenvalue weighted by Gasteiger charge is -2.23. The molecule has 0 saturated carbocycles. The van der Waals surface area contributed by atoms with Crippen LogP contribution in [0, 0.1) is 0 Å². The molecule has 0 spiro atoms. The van der Waals surface area contributed by atoms with Crippen molar-refractivity contribution in [3.63, 3.8) is 0 Å². The molecule has 0 amide bonds. The van der Waals surface area contributed by atoms with E-state index in [1.165, 1.54) is 86.5 Å². The second kappa shape index (κ2) is 4.36. The van der Waals surface area contributed by atoms with Crippen molar-refractivity contribution < 1.29 is 0 Å². The van der Waals surface area contributed by atoms with Crippen LogP contribution in [0.2, 0.25) is 0 Å². The third kappa shape index (κ3) is 1.41. The molecule has 31 heavy (non-hydrogen) atoms. The van der Waals surface area contributed by atoms with Gasteiger partial charge in [-0.1, -0.05) is 62.4 Å². The molecule has 142 valence electrons. The van der Waals surface area contributed by atoms with Crippen LogP contribution >= 0.6 is 0 Å². The summed E-state index contributed by atoms with van der Waals surface area (Å²) in [4.78, 5) is 0. The third-order valence-electron chi connectivity index (χ3n) is 8.38. The minimum absolute atomic E-state index is 0.00323. The summed E-state index contributed by atoms with van der Waals surface area (Å²) in [5, 5.41) is 20.0. The molecule has 0 aromatic heterocycles. The Hall–Kier alpha value is -3.64. The van der Waals surface area contributed by atoms with E-state index in [0.29, 0.717) is 0 Å². The topological polar surface area (TPSA) is 0 Å². The van der Waals surface area contributed by atoms with Crippen molar-refractivity contribution >= 4 is 75.4 Å². The van der Waals surface area contributed by atoms with Crippen molar-refractivity contribution in [3.8, 4) is 0 Å². The zero-order valence-corrected chi connectivity index (χ0v) is 17.4. The van der Waals surface area contributed by atoms with Crippen molar-refractivity contribution in [1.82, 2.24) is 0 Å². The molecule has 0 heteroatoms. The SMILES string of the molecule is CC1(C)c2cc3cccc4cc5ccc6cc7cccc8cc1c1c2c(c34)c5c6c1c87. The standard InChI is InChI=1S/C31H18/c1-31(2)21-13-17-7-3-5-15-11-19-9-10-20-12-16-6-4-8-18-14-22(31)28-27(21)29(23(15)17)25(19)26(20)30(28)24(16)18/h3-14H,1-2H3. The van der Waals surface area contributed by atoms with Gasteiger partial charge in [0, 0.05) is 5.41 Å². The molecule has 0 N–H and O–H groups in total. The average molecular weight is 390 g/mol. The Morgan fingerprint density at radius 3 is 1.23 bits per heavy atom. The molecule has 1 aliphatic carbocycles. The Bertz CT molecular complexity index is 1900. The first-order chi connectivity index (χ1) is 15.1. The number of hydrogen-bond acceptors (Lipinski definition) is 0. The van der Waals surface area contributed by atoms with Crippen molar-refractivity contribution in [2.45, 2.75) is 19.3 Å². The quantitative estimate of drug-likeness (QED) is 0.179. The van der Waals surface area contributed by atoms with Gasteiger partial charge in [0.15, 0.2) is 0 Å². The van der Waals surface area contributed by atoms with Gasteiger partial charge in [-0.25, -0.2) is 0 Å². The van der Waals surface area contributed by atoms with Gasteiger partial charge < -0.3 is 0 Å². The lowest BCUT2D eigenvalue weighted by molar-refractivity contribution is 0.664. The van der Waals surface area contributed by atoms with Gasteiger partial charge in [0.2, 0.25) is 0 Å². The van der Waals surface area contributed by atoms with Gasteiger partial charge in [0.05, 0.1) is 0 Å². The minimum Gasteiger partial charge on any atom is -0.0610 e. The summed E-state index contributed by atoms with van der Waals surface area (Å²) in [5.41, 5.74) is 2.99. The van der Waals surface area contributed by atoms with E-state index in [1.54, 1.807) is 0 Å². The average Bonchev–Trinajstić information content (AvgIpc) is 3.01. The molecular weight excluding hydrogens is 372 g/mol. The van der Waals surface area contributed by atoms with Crippen LogP contribution in [0.1, 0.15) is 25.0 Å². The summed E-state index contributed by atoms with van der Waals surface area (Å²) < 4.78 is 0. The fourth-order valence-electron chi connectivity index (χ4n) is 7.11.